The molecule has 0 aliphatic rings. The van der Waals surface area contributed by atoms with Gasteiger partial charge in [-0.05, 0) is 31.2 Å². The van der Waals surface area contributed by atoms with Gasteiger partial charge in [0.05, 0.1) is 24.4 Å². The van der Waals surface area contributed by atoms with Crippen molar-refractivity contribution in [3.8, 4) is 11.3 Å². The van der Waals surface area contributed by atoms with E-state index in [9.17, 15) is 13.6 Å². The lowest BCUT2D eigenvalue weighted by Crippen LogP contribution is -2.05. The summed E-state index contributed by atoms with van der Waals surface area (Å²) in [5.74, 6) is -1.33. The Labute approximate surface area is 121 Å². The summed E-state index contributed by atoms with van der Waals surface area (Å²) in [6.45, 7) is 2.07. The highest BCUT2D eigenvalue weighted by Gasteiger charge is 2.13. The topological polar surface area (TPSA) is 44.1 Å². The quantitative estimate of drug-likeness (QED) is 0.796. The largest absolute Gasteiger partial charge is 0.466 e. The molecule has 0 saturated carbocycles. The third-order valence-electron chi connectivity index (χ3n) is 3.03. The first kappa shape index (κ1) is 15.2. The number of ether oxygens (including phenoxy) is 1. The van der Waals surface area contributed by atoms with Crippen LogP contribution in [0.15, 0.2) is 24.3 Å². The Morgan fingerprint density at radius 2 is 2.10 bits per heavy atom. The van der Waals surface area contributed by atoms with Crippen LogP contribution in [0.25, 0.3) is 11.3 Å². The van der Waals surface area contributed by atoms with E-state index in [1.807, 2.05) is 0 Å². The average molecular weight is 294 g/mol. The van der Waals surface area contributed by atoms with Gasteiger partial charge in [-0.1, -0.05) is 0 Å². The fraction of sp³-hybridized carbons (Fsp3) is 0.333. The van der Waals surface area contributed by atoms with E-state index in [0.717, 1.165) is 18.2 Å². The van der Waals surface area contributed by atoms with Crippen LogP contribution in [-0.4, -0.2) is 22.4 Å². The minimum absolute atomic E-state index is 0.146. The molecule has 0 aliphatic carbocycles. The Morgan fingerprint density at radius 3 is 2.81 bits per heavy atom. The molecule has 0 unspecified atom stereocenters. The number of nitrogens with zero attached hydrogens (tertiary/aromatic N) is 2. The van der Waals surface area contributed by atoms with E-state index in [4.69, 9.17) is 4.74 Å². The second-order valence-corrected chi connectivity index (χ2v) is 4.57. The molecule has 2 aromatic rings. The number of aromatic nitrogens is 2. The van der Waals surface area contributed by atoms with Gasteiger partial charge in [0, 0.05) is 19.0 Å². The molecule has 0 atom stereocenters. The third kappa shape index (κ3) is 3.65. The molecule has 0 saturated heterocycles. The number of carbonyl (C=O) groups excluding carboxylic acids is 1. The van der Waals surface area contributed by atoms with Gasteiger partial charge in [-0.25, -0.2) is 8.78 Å². The van der Waals surface area contributed by atoms with Crippen LogP contribution in [0.4, 0.5) is 8.78 Å². The molecule has 1 aromatic carbocycles. The lowest BCUT2D eigenvalue weighted by Gasteiger charge is -2.03. The summed E-state index contributed by atoms with van der Waals surface area (Å²) in [5, 5.41) is 4.21. The minimum atomic E-state index is -0.517. The summed E-state index contributed by atoms with van der Waals surface area (Å²) in [6.07, 6.45) is 0.597. The highest BCUT2D eigenvalue weighted by atomic mass is 19.1. The number of hydrogen-bond acceptors (Lipinski definition) is 3. The molecule has 0 spiro atoms. The number of rotatable bonds is 5. The molecule has 0 aliphatic heterocycles. The van der Waals surface area contributed by atoms with Crippen molar-refractivity contribution in [2.45, 2.75) is 19.8 Å². The highest BCUT2D eigenvalue weighted by molar-refractivity contribution is 5.69. The number of benzene rings is 1. The van der Waals surface area contributed by atoms with Gasteiger partial charge >= 0.3 is 5.97 Å². The molecule has 112 valence electrons. The van der Waals surface area contributed by atoms with Gasteiger partial charge in [-0.15, -0.1) is 0 Å². The summed E-state index contributed by atoms with van der Waals surface area (Å²) >= 11 is 0. The molecule has 21 heavy (non-hydrogen) atoms. The molecular formula is C15H16F2N2O2. The molecule has 0 bridgehead atoms. The van der Waals surface area contributed by atoms with Gasteiger partial charge in [-0.2, -0.15) is 5.10 Å². The molecule has 1 aromatic heterocycles. The SMILES string of the molecule is CCOC(=O)CCc1cc(-c2cc(F)ccc2F)n(C)n1. The van der Waals surface area contributed by atoms with Gasteiger partial charge in [0.25, 0.3) is 0 Å². The Morgan fingerprint density at radius 1 is 1.33 bits per heavy atom. The van der Waals surface area contributed by atoms with E-state index >= 15 is 0 Å². The van der Waals surface area contributed by atoms with Gasteiger partial charge < -0.3 is 4.74 Å². The second-order valence-electron chi connectivity index (χ2n) is 4.57. The van der Waals surface area contributed by atoms with Crippen LogP contribution in [0, 0.1) is 11.6 Å². The van der Waals surface area contributed by atoms with Crippen molar-refractivity contribution in [2.24, 2.45) is 7.05 Å². The number of halogens is 2. The normalized spacial score (nSPS) is 10.7. The number of carbonyl (C=O) groups is 1. The lowest BCUT2D eigenvalue weighted by atomic mass is 10.1. The van der Waals surface area contributed by atoms with Crippen LogP contribution < -0.4 is 0 Å². The number of esters is 1. The Balaban J connectivity index is 2.19. The van der Waals surface area contributed by atoms with Crippen molar-refractivity contribution in [3.63, 3.8) is 0 Å². The van der Waals surface area contributed by atoms with Crippen LogP contribution in [-0.2, 0) is 23.0 Å². The fourth-order valence-electron chi connectivity index (χ4n) is 2.06. The van der Waals surface area contributed by atoms with Crippen molar-refractivity contribution >= 4 is 5.97 Å². The van der Waals surface area contributed by atoms with Crippen molar-refractivity contribution in [1.29, 1.82) is 0 Å². The first-order valence-electron chi connectivity index (χ1n) is 6.65. The van der Waals surface area contributed by atoms with Gasteiger partial charge in [0.2, 0.25) is 0 Å². The van der Waals surface area contributed by atoms with Crippen LogP contribution in [0.1, 0.15) is 19.0 Å². The van der Waals surface area contributed by atoms with E-state index in [1.165, 1.54) is 4.68 Å². The zero-order valence-corrected chi connectivity index (χ0v) is 11.9. The monoisotopic (exact) mass is 294 g/mol. The molecular weight excluding hydrogens is 278 g/mol. The summed E-state index contributed by atoms with van der Waals surface area (Å²) in [5.41, 5.74) is 1.24. The van der Waals surface area contributed by atoms with Gasteiger partial charge in [0.1, 0.15) is 11.6 Å². The van der Waals surface area contributed by atoms with E-state index in [1.54, 1.807) is 20.0 Å². The fourth-order valence-corrected chi connectivity index (χ4v) is 2.06. The summed E-state index contributed by atoms with van der Waals surface area (Å²) in [7, 11) is 1.65. The summed E-state index contributed by atoms with van der Waals surface area (Å²) < 4.78 is 33.3. The van der Waals surface area contributed by atoms with E-state index in [-0.39, 0.29) is 18.0 Å². The average Bonchev–Trinajstić information content (AvgIpc) is 2.81. The van der Waals surface area contributed by atoms with E-state index in [0.29, 0.717) is 24.4 Å². The molecule has 6 heteroatoms. The van der Waals surface area contributed by atoms with E-state index < -0.39 is 11.6 Å². The van der Waals surface area contributed by atoms with Crippen LogP contribution >= 0.6 is 0 Å². The molecule has 4 nitrogen and oxygen atoms in total. The Bertz CT molecular complexity index is 653. The lowest BCUT2D eigenvalue weighted by molar-refractivity contribution is -0.143. The predicted octanol–water partition coefficient (Wildman–Crippen LogP) is 2.86. The number of aryl methyl sites for hydroxylation is 2. The van der Waals surface area contributed by atoms with Crippen LogP contribution in [0.5, 0.6) is 0 Å². The van der Waals surface area contributed by atoms with Crippen molar-refractivity contribution in [3.05, 3.63) is 41.6 Å². The van der Waals surface area contributed by atoms with E-state index in [2.05, 4.69) is 5.10 Å². The minimum Gasteiger partial charge on any atom is -0.466 e. The highest BCUT2D eigenvalue weighted by Crippen LogP contribution is 2.24. The Kier molecular flexibility index (Phi) is 4.67. The molecule has 0 fully saturated rings. The van der Waals surface area contributed by atoms with Gasteiger partial charge in [0.15, 0.2) is 0 Å². The maximum atomic E-state index is 13.8. The molecule has 0 amide bonds. The Hall–Kier alpha value is -2.24. The van der Waals surface area contributed by atoms with Crippen LogP contribution in [0.2, 0.25) is 0 Å². The molecule has 1 heterocycles. The van der Waals surface area contributed by atoms with Crippen molar-refractivity contribution in [1.82, 2.24) is 9.78 Å². The van der Waals surface area contributed by atoms with Crippen LogP contribution in [0.3, 0.4) is 0 Å². The summed E-state index contributed by atoms with van der Waals surface area (Å²) in [4.78, 5) is 11.3. The molecule has 0 radical (unpaired) electrons. The zero-order valence-electron chi connectivity index (χ0n) is 11.9. The first-order valence-corrected chi connectivity index (χ1v) is 6.65. The second kappa shape index (κ2) is 6.47. The third-order valence-corrected chi connectivity index (χ3v) is 3.03. The first-order chi connectivity index (χ1) is 10.0. The predicted molar refractivity (Wildman–Crippen MR) is 73.5 cm³/mol. The molecule has 0 N–H and O–H groups in total. The van der Waals surface area contributed by atoms with Crippen molar-refractivity contribution in [2.75, 3.05) is 6.61 Å². The molecule has 2 rings (SSSR count). The maximum absolute atomic E-state index is 13.8. The standard InChI is InChI=1S/C15H16F2N2O2/c1-3-21-15(20)7-5-11-9-14(19(2)18-11)12-8-10(16)4-6-13(12)17/h4,6,8-9H,3,5,7H2,1-2H3. The smallest absolute Gasteiger partial charge is 0.306 e. The zero-order chi connectivity index (χ0) is 15.4. The van der Waals surface area contributed by atoms with Crippen molar-refractivity contribution < 1.29 is 18.3 Å². The number of hydrogen-bond donors (Lipinski definition) is 0. The maximum Gasteiger partial charge on any atom is 0.306 e. The summed E-state index contributed by atoms with van der Waals surface area (Å²) in [6, 6.07) is 4.92. The van der Waals surface area contributed by atoms with Gasteiger partial charge in [-0.3, -0.25) is 9.48 Å².